The van der Waals surface area contributed by atoms with Crippen molar-refractivity contribution in [1.29, 1.82) is 5.41 Å². The van der Waals surface area contributed by atoms with E-state index in [1.54, 1.807) is 6.07 Å². The number of rotatable bonds is 10. The maximum atomic E-state index is 12.8. The minimum absolute atomic E-state index is 0.0229. The zero-order valence-electron chi connectivity index (χ0n) is 21.3. The van der Waals surface area contributed by atoms with Crippen molar-refractivity contribution in [3.05, 3.63) is 89.0 Å². The molecule has 0 amide bonds. The van der Waals surface area contributed by atoms with Gasteiger partial charge in [0, 0.05) is 41.9 Å². The fraction of sp³-hybridized carbons (Fsp3) is 0.154. The molecular formula is C26H21F5N6O4. The molecule has 0 aliphatic rings. The molecule has 0 bridgehead atoms. The maximum Gasteiger partial charge on any atom is 0.573 e. The van der Waals surface area contributed by atoms with Crippen molar-refractivity contribution in [3.8, 4) is 28.8 Å². The van der Waals surface area contributed by atoms with Crippen molar-refractivity contribution in [1.82, 2.24) is 19.6 Å². The second-order valence-corrected chi connectivity index (χ2v) is 8.23. The van der Waals surface area contributed by atoms with Gasteiger partial charge in [-0.05, 0) is 37.3 Å². The zero-order chi connectivity index (χ0) is 29.7. The van der Waals surface area contributed by atoms with Crippen LogP contribution in [-0.2, 0) is 0 Å². The molecule has 0 radical (unpaired) electrons. The lowest BCUT2D eigenvalue weighted by Gasteiger charge is -2.16. The molecule has 0 saturated carbocycles. The number of methoxy groups -OCH3 is 1. The van der Waals surface area contributed by atoms with Crippen LogP contribution in [0.5, 0.6) is 17.4 Å². The second-order valence-electron chi connectivity index (χ2n) is 8.23. The molecule has 0 aliphatic heterocycles. The van der Waals surface area contributed by atoms with E-state index in [9.17, 15) is 26.7 Å². The normalized spacial score (nSPS) is 11.9. The Bertz CT molecular complexity index is 1650. The molecule has 0 spiro atoms. The summed E-state index contributed by atoms with van der Waals surface area (Å²) in [6.07, 6.45) is -0.977. The van der Waals surface area contributed by atoms with Crippen molar-refractivity contribution in [2.45, 2.75) is 19.9 Å². The van der Waals surface area contributed by atoms with Gasteiger partial charge in [-0.25, -0.2) is 9.36 Å². The highest BCUT2D eigenvalue weighted by molar-refractivity contribution is 5.98. The zero-order valence-corrected chi connectivity index (χ0v) is 21.3. The summed E-state index contributed by atoms with van der Waals surface area (Å²) in [6.45, 7) is -1.62. The molecule has 2 aromatic carbocycles. The monoisotopic (exact) mass is 576 g/mol. The summed E-state index contributed by atoms with van der Waals surface area (Å²) < 4.78 is 79.9. The van der Waals surface area contributed by atoms with Gasteiger partial charge in [-0.2, -0.15) is 19.0 Å². The van der Waals surface area contributed by atoms with Gasteiger partial charge >= 0.3 is 13.0 Å². The molecular weight excluding hydrogens is 555 g/mol. The third kappa shape index (κ3) is 7.26. The van der Waals surface area contributed by atoms with E-state index in [0.717, 1.165) is 16.8 Å². The van der Waals surface area contributed by atoms with Crippen LogP contribution in [-0.4, -0.2) is 45.4 Å². The number of ether oxygens (including phenoxy) is 3. The highest BCUT2D eigenvalue weighted by Crippen LogP contribution is 2.29. The Morgan fingerprint density at radius 2 is 1.90 bits per heavy atom. The maximum absolute atomic E-state index is 12.8. The van der Waals surface area contributed by atoms with Gasteiger partial charge in [0.2, 0.25) is 11.3 Å². The van der Waals surface area contributed by atoms with Crippen LogP contribution in [0.2, 0.25) is 0 Å². The van der Waals surface area contributed by atoms with Crippen LogP contribution < -0.4 is 25.0 Å². The lowest BCUT2D eigenvalue weighted by atomic mass is 10.2. The van der Waals surface area contributed by atoms with Crippen LogP contribution in [0.3, 0.4) is 0 Å². The van der Waals surface area contributed by atoms with Crippen LogP contribution >= 0.6 is 0 Å². The van der Waals surface area contributed by atoms with Gasteiger partial charge in [0.1, 0.15) is 17.2 Å². The number of hydrogen-bond acceptors (Lipinski definition) is 8. The van der Waals surface area contributed by atoms with E-state index >= 15 is 0 Å². The summed E-state index contributed by atoms with van der Waals surface area (Å²) in [5.74, 6) is -0.469. The third-order valence-corrected chi connectivity index (χ3v) is 5.24. The minimum Gasteiger partial charge on any atom is -0.494 e. The summed E-state index contributed by atoms with van der Waals surface area (Å²) in [4.78, 5) is 12.8. The fourth-order valence-corrected chi connectivity index (χ4v) is 3.69. The minimum atomic E-state index is -4.90. The number of nitrogens with zero attached hydrogens (tertiary/aromatic N) is 4. The quantitative estimate of drug-likeness (QED) is 0.191. The summed E-state index contributed by atoms with van der Waals surface area (Å²) in [6, 6.07) is 12.0. The molecule has 0 unspecified atom stereocenters. The molecule has 2 aromatic heterocycles. The number of hydrogen-bond donors (Lipinski definition) is 2. The van der Waals surface area contributed by atoms with Crippen molar-refractivity contribution in [2.24, 2.45) is 0 Å². The molecule has 0 aliphatic carbocycles. The van der Waals surface area contributed by atoms with Gasteiger partial charge < -0.3 is 24.9 Å². The van der Waals surface area contributed by atoms with E-state index in [2.05, 4.69) is 25.0 Å². The lowest BCUT2D eigenvalue weighted by molar-refractivity contribution is -0.274. The number of aromatic nitrogens is 4. The molecule has 2 heterocycles. The Morgan fingerprint density at radius 3 is 2.59 bits per heavy atom. The van der Waals surface area contributed by atoms with Gasteiger partial charge in [0.05, 0.1) is 24.7 Å². The van der Waals surface area contributed by atoms with E-state index in [0.29, 0.717) is 11.4 Å². The van der Waals surface area contributed by atoms with E-state index in [1.807, 2.05) is 0 Å². The van der Waals surface area contributed by atoms with Crippen molar-refractivity contribution in [2.75, 3.05) is 12.4 Å². The fourth-order valence-electron chi connectivity index (χ4n) is 3.69. The summed E-state index contributed by atoms with van der Waals surface area (Å²) in [5, 5.41) is 19.1. The first-order valence-corrected chi connectivity index (χ1v) is 11.6. The number of alkyl halides is 5. The van der Waals surface area contributed by atoms with Crippen LogP contribution in [0.15, 0.2) is 77.9 Å². The van der Waals surface area contributed by atoms with Crippen molar-refractivity contribution < 1.29 is 36.2 Å². The Labute approximate surface area is 228 Å². The Morgan fingerprint density at radius 1 is 1.12 bits per heavy atom. The Kier molecular flexibility index (Phi) is 8.35. The molecule has 10 nitrogen and oxygen atoms in total. The molecule has 4 aromatic rings. The highest BCUT2D eigenvalue weighted by Gasteiger charge is 2.31. The summed E-state index contributed by atoms with van der Waals surface area (Å²) >= 11 is 0. The number of nitrogens with one attached hydrogen (secondary N) is 2. The first-order valence-electron chi connectivity index (χ1n) is 11.6. The van der Waals surface area contributed by atoms with Gasteiger partial charge in [0.25, 0.3) is 0 Å². The number of allylic oxidation sites excluding steroid dienone is 1. The van der Waals surface area contributed by atoms with Crippen molar-refractivity contribution >= 4 is 17.1 Å². The molecule has 4 rings (SSSR count). The predicted octanol–water partition coefficient (Wildman–Crippen LogP) is 5.42. The molecule has 0 atom stereocenters. The first-order chi connectivity index (χ1) is 19.4. The molecule has 2 N–H and O–H groups in total. The molecule has 214 valence electrons. The lowest BCUT2D eigenvalue weighted by Crippen LogP contribution is -2.19. The first kappa shape index (κ1) is 28.8. The smallest absolute Gasteiger partial charge is 0.494 e. The third-order valence-electron chi connectivity index (χ3n) is 5.24. The molecule has 41 heavy (non-hydrogen) atoms. The van der Waals surface area contributed by atoms with Gasteiger partial charge in [0.15, 0.2) is 5.69 Å². The van der Waals surface area contributed by atoms with E-state index in [4.69, 9.17) is 10.1 Å². The van der Waals surface area contributed by atoms with E-state index < -0.39 is 24.2 Å². The van der Waals surface area contributed by atoms with E-state index in [1.165, 1.54) is 73.6 Å². The number of benzene rings is 2. The molecule has 0 saturated heterocycles. The van der Waals surface area contributed by atoms with E-state index in [-0.39, 0.29) is 34.4 Å². The largest absolute Gasteiger partial charge is 0.573 e. The standard InChI is InChI=1S/C26H21F5N6O4/c1-15(32)12-19(34-16-4-3-5-18(13-16)41-26(29,30)31)24-21(38)9-11-36(35-24)20-7-6-17(14-22(20)39-2)37-23(8-10-33-37)40-25(27)28/h3-14,25,32,34H,1-2H3/b19-12-,32-15?. The molecule has 0 fully saturated rings. The Balaban J connectivity index is 1.72. The number of halogens is 5. The highest BCUT2D eigenvalue weighted by atomic mass is 19.4. The number of anilines is 1. The van der Waals surface area contributed by atoms with Gasteiger partial charge in [-0.15, -0.1) is 13.2 Å². The van der Waals surface area contributed by atoms with Crippen LogP contribution in [0, 0.1) is 5.41 Å². The van der Waals surface area contributed by atoms with Crippen LogP contribution in [0.4, 0.5) is 27.6 Å². The summed E-state index contributed by atoms with van der Waals surface area (Å²) in [7, 11) is 1.37. The Hall–Kier alpha value is -5.21. The van der Waals surface area contributed by atoms with Gasteiger partial charge in [-0.1, -0.05) is 6.07 Å². The van der Waals surface area contributed by atoms with Crippen LogP contribution in [0.1, 0.15) is 12.6 Å². The molecule has 15 heteroatoms. The van der Waals surface area contributed by atoms with Gasteiger partial charge in [-0.3, -0.25) is 4.79 Å². The van der Waals surface area contributed by atoms with Crippen molar-refractivity contribution in [3.63, 3.8) is 0 Å². The summed E-state index contributed by atoms with van der Waals surface area (Å²) in [5.41, 5.74) is 0.148. The predicted molar refractivity (Wildman–Crippen MR) is 138 cm³/mol. The second kappa shape index (κ2) is 11.9. The topological polar surface area (TPSA) is 116 Å². The SMILES string of the molecule is COc1cc(-n2nccc2OC(F)F)ccc1-n1ccc(=O)c(/C(=C/C(C)=N)Nc2cccc(OC(F)(F)F)c2)n1. The average Bonchev–Trinajstić information content (AvgIpc) is 3.34. The van der Waals surface area contributed by atoms with Crippen LogP contribution in [0.25, 0.3) is 17.1 Å². The average molecular weight is 576 g/mol.